The van der Waals surface area contributed by atoms with Crippen LogP contribution in [-0.2, 0) is 6.61 Å². The van der Waals surface area contributed by atoms with Gasteiger partial charge < -0.3 is 15.0 Å². The molecule has 2 N–H and O–H groups in total. The van der Waals surface area contributed by atoms with E-state index in [1.54, 1.807) is 11.3 Å². The number of allylic oxidation sites excluding steroid dienone is 3. The number of aromatic amines is 1. The summed E-state index contributed by atoms with van der Waals surface area (Å²) in [5, 5.41) is 4.81. The maximum Gasteiger partial charge on any atom is 0.147 e. The number of ether oxygens (including phenoxy) is 1. The highest BCUT2D eigenvalue weighted by atomic mass is 32.1. The number of rotatable bonds is 6. The zero-order chi connectivity index (χ0) is 24.7. The van der Waals surface area contributed by atoms with Crippen LogP contribution in [0, 0.1) is 5.92 Å². The Morgan fingerprint density at radius 1 is 1.06 bits per heavy atom. The van der Waals surface area contributed by atoms with E-state index in [9.17, 15) is 0 Å². The van der Waals surface area contributed by atoms with E-state index >= 15 is 0 Å². The first-order valence-corrected chi connectivity index (χ1v) is 13.2. The van der Waals surface area contributed by atoms with E-state index in [2.05, 4.69) is 106 Å². The average Bonchev–Trinajstić information content (AvgIpc) is 3.49. The quantitative estimate of drug-likeness (QED) is 0.289. The molecule has 0 saturated heterocycles. The van der Waals surface area contributed by atoms with Crippen LogP contribution < -0.4 is 10.1 Å². The van der Waals surface area contributed by atoms with Crippen molar-refractivity contribution in [3.63, 3.8) is 0 Å². The summed E-state index contributed by atoms with van der Waals surface area (Å²) in [5.41, 5.74) is 7.95. The van der Waals surface area contributed by atoms with Crippen LogP contribution in [0.1, 0.15) is 64.5 Å². The van der Waals surface area contributed by atoms with Crippen LogP contribution in [0.4, 0.5) is 0 Å². The van der Waals surface area contributed by atoms with Crippen LogP contribution >= 0.6 is 11.3 Å². The minimum atomic E-state index is 0.359. The first-order chi connectivity index (χ1) is 16.9. The van der Waals surface area contributed by atoms with Crippen LogP contribution in [0.15, 0.2) is 60.3 Å². The topological polar surface area (TPSA) is 49.9 Å². The Labute approximate surface area is 211 Å². The maximum absolute atomic E-state index is 6.26. The summed E-state index contributed by atoms with van der Waals surface area (Å²) in [4.78, 5) is 9.58. The van der Waals surface area contributed by atoms with Gasteiger partial charge in [0.2, 0.25) is 0 Å². The number of thiophene rings is 1. The van der Waals surface area contributed by atoms with Crippen molar-refractivity contribution < 1.29 is 4.74 Å². The highest BCUT2D eigenvalue weighted by Crippen LogP contribution is 2.46. The van der Waals surface area contributed by atoms with E-state index in [0.717, 1.165) is 34.2 Å². The third-order valence-electron chi connectivity index (χ3n) is 6.58. The molecule has 0 atom stereocenters. The van der Waals surface area contributed by atoms with Gasteiger partial charge in [-0.05, 0) is 48.4 Å². The molecule has 2 aromatic heterocycles. The molecule has 0 radical (unpaired) electrons. The van der Waals surface area contributed by atoms with E-state index in [1.165, 1.54) is 31.8 Å². The number of aromatic nitrogens is 2. The standard InChI is InChI=1S/C30H33N3OS/c1-7-23(17(3)4)31-24(8-2)19-9-11-20(12-10-19)26-15-21-13-14-22-27-25(32-30(33-27)18(5)6)16-34-28(22)29(21)35-26/h7-15,17-18,31H,16H2,1-6H3,(H,32,33)/b23-7-,24-8-. The molecule has 180 valence electrons. The van der Waals surface area contributed by atoms with Crippen molar-refractivity contribution in [3.05, 3.63) is 77.4 Å². The summed E-state index contributed by atoms with van der Waals surface area (Å²) in [6, 6.07) is 15.4. The lowest BCUT2D eigenvalue weighted by molar-refractivity contribution is 0.302. The number of hydrogen-bond acceptors (Lipinski definition) is 4. The lowest BCUT2D eigenvalue weighted by Gasteiger charge is -2.17. The first kappa shape index (κ1) is 23.4. The molecule has 5 heteroatoms. The van der Waals surface area contributed by atoms with Gasteiger partial charge in [0.15, 0.2) is 0 Å². The van der Waals surface area contributed by atoms with Gasteiger partial charge in [-0.3, -0.25) is 0 Å². The summed E-state index contributed by atoms with van der Waals surface area (Å²) >= 11 is 1.79. The van der Waals surface area contributed by atoms with Crippen LogP contribution in [0.2, 0.25) is 0 Å². The van der Waals surface area contributed by atoms with Crippen LogP contribution in [0.25, 0.3) is 37.5 Å². The highest BCUT2D eigenvalue weighted by molar-refractivity contribution is 7.22. The molecule has 0 unspecified atom stereocenters. The van der Waals surface area contributed by atoms with Gasteiger partial charge in [0.1, 0.15) is 18.2 Å². The van der Waals surface area contributed by atoms with Gasteiger partial charge in [-0.1, -0.05) is 70.2 Å². The predicted octanol–water partition coefficient (Wildman–Crippen LogP) is 8.48. The Morgan fingerprint density at radius 2 is 1.83 bits per heavy atom. The molecule has 4 nitrogen and oxygen atoms in total. The van der Waals surface area contributed by atoms with Crippen molar-refractivity contribution in [2.24, 2.45) is 5.92 Å². The van der Waals surface area contributed by atoms with Crippen LogP contribution in [0.5, 0.6) is 5.75 Å². The molecule has 35 heavy (non-hydrogen) atoms. The second kappa shape index (κ2) is 9.38. The first-order valence-electron chi connectivity index (χ1n) is 12.4. The Bertz CT molecular complexity index is 1430. The van der Waals surface area contributed by atoms with E-state index < -0.39 is 0 Å². The number of hydrogen-bond donors (Lipinski definition) is 2. The predicted molar refractivity (Wildman–Crippen MR) is 149 cm³/mol. The molecule has 1 aliphatic heterocycles. The summed E-state index contributed by atoms with van der Waals surface area (Å²) in [6.45, 7) is 13.4. The summed E-state index contributed by atoms with van der Waals surface area (Å²) in [6.07, 6.45) is 4.29. The molecule has 2 aromatic carbocycles. The molecule has 0 bridgehead atoms. The van der Waals surface area contributed by atoms with Crippen molar-refractivity contribution in [2.75, 3.05) is 0 Å². The molecule has 0 aliphatic carbocycles. The molecular weight excluding hydrogens is 450 g/mol. The van der Waals surface area contributed by atoms with E-state index in [-0.39, 0.29) is 0 Å². The molecule has 3 heterocycles. The largest absolute Gasteiger partial charge is 0.485 e. The second-order valence-electron chi connectivity index (χ2n) is 9.67. The fourth-order valence-electron chi connectivity index (χ4n) is 4.55. The highest BCUT2D eigenvalue weighted by Gasteiger charge is 2.25. The molecule has 1 aliphatic rings. The van der Waals surface area contributed by atoms with E-state index in [0.29, 0.717) is 18.4 Å². The SMILES string of the molecule is C/C=C(\N/C(=C\C)C(C)C)c1ccc(-c2cc3ccc4c(c3s2)OCc2[nH]c(C(C)C)nc2-4)cc1. The Balaban J connectivity index is 1.46. The van der Waals surface area contributed by atoms with Gasteiger partial charge >= 0.3 is 0 Å². The van der Waals surface area contributed by atoms with E-state index in [4.69, 9.17) is 9.72 Å². The van der Waals surface area contributed by atoms with Crippen LogP contribution in [0.3, 0.4) is 0 Å². The van der Waals surface area contributed by atoms with Gasteiger partial charge in [0, 0.05) is 27.8 Å². The fourth-order valence-corrected chi connectivity index (χ4v) is 5.72. The summed E-state index contributed by atoms with van der Waals surface area (Å²) < 4.78 is 7.44. The Hall–Kier alpha value is -3.31. The smallest absolute Gasteiger partial charge is 0.147 e. The normalized spacial score (nSPS) is 13.8. The minimum Gasteiger partial charge on any atom is -0.485 e. The molecule has 0 amide bonds. The second-order valence-corrected chi connectivity index (χ2v) is 10.7. The maximum atomic E-state index is 6.26. The lowest BCUT2D eigenvalue weighted by atomic mass is 10.0. The minimum absolute atomic E-state index is 0.359. The fraction of sp³-hybridized carbons (Fsp3) is 0.300. The van der Waals surface area contributed by atoms with Gasteiger partial charge in [0.05, 0.1) is 16.1 Å². The van der Waals surface area contributed by atoms with Crippen LogP contribution in [-0.4, -0.2) is 9.97 Å². The molecular formula is C30H33N3OS. The van der Waals surface area contributed by atoms with E-state index in [1.807, 2.05) is 0 Å². The molecule has 0 saturated carbocycles. The van der Waals surface area contributed by atoms with Crippen molar-refractivity contribution in [1.29, 1.82) is 0 Å². The number of fused-ring (bicyclic) bond motifs is 5. The number of H-pyrrole nitrogens is 1. The molecule has 0 fully saturated rings. The molecule has 5 rings (SSSR count). The summed E-state index contributed by atoms with van der Waals surface area (Å²) in [5.74, 6) is 2.79. The Kier molecular flexibility index (Phi) is 6.28. The third kappa shape index (κ3) is 4.30. The summed E-state index contributed by atoms with van der Waals surface area (Å²) in [7, 11) is 0. The van der Waals surface area contributed by atoms with Crippen molar-refractivity contribution >= 4 is 27.1 Å². The number of imidazole rings is 1. The zero-order valence-corrected chi connectivity index (χ0v) is 22.1. The Morgan fingerprint density at radius 3 is 2.49 bits per heavy atom. The number of nitrogens with one attached hydrogen (secondary N) is 2. The monoisotopic (exact) mass is 483 g/mol. The molecule has 4 aromatic rings. The van der Waals surface area contributed by atoms with Crippen molar-refractivity contribution in [1.82, 2.24) is 15.3 Å². The van der Waals surface area contributed by atoms with Gasteiger partial charge in [0.25, 0.3) is 0 Å². The zero-order valence-electron chi connectivity index (χ0n) is 21.3. The van der Waals surface area contributed by atoms with Gasteiger partial charge in [-0.2, -0.15) is 0 Å². The lowest BCUT2D eigenvalue weighted by Crippen LogP contribution is -2.15. The number of nitrogens with zero attached hydrogens (tertiary/aromatic N) is 1. The van der Waals surface area contributed by atoms with Crippen molar-refractivity contribution in [2.45, 2.75) is 54.1 Å². The van der Waals surface area contributed by atoms with Gasteiger partial charge in [-0.15, -0.1) is 11.3 Å². The van der Waals surface area contributed by atoms with Gasteiger partial charge in [-0.25, -0.2) is 4.98 Å². The van der Waals surface area contributed by atoms with Crippen molar-refractivity contribution in [3.8, 4) is 27.4 Å². The number of benzene rings is 2. The average molecular weight is 484 g/mol. The third-order valence-corrected chi connectivity index (χ3v) is 7.78. The molecule has 0 spiro atoms.